The lowest BCUT2D eigenvalue weighted by molar-refractivity contribution is 0.0827. The predicted octanol–water partition coefficient (Wildman–Crippen LogP) is 3.02. The van der Waals surface area contributed by atoms with Gasteiger partial charge in [0.25, 0.3) is 5.91 Å². The van der Waals surface area contributed by atoms with E-state index in [1.807, 2.05) is 36.4 Å². The molecule has 1 amide bonds. The van der Waals surface area contributed by atoms with Gasteiger partial charge in [-0.25, -0.2) is 8.42 Å². The topological polar surface area (TPSA) is 60.9 Å². The summed E-state index contributed by atoms with van der Waals surface area (Å²) in [6.07, 6.45) is 0. The zero-order valence-electron chi connectivity index (χ0n) is 18.2. The third-order valence-corrected chi connectivity index (χ3v) is 7.41. The number of carbonyl (C=O) groups is 1. The molecule has 6 nitrogen and oxygen atoms in total. The highest BCUT2D eigenvalue weighted by Crippen LogP contribution is 2.22. The third kappa shape index (κ3) is 5.09. The van der Waals surface area contributed by atoms with Crippen molar-refractivity contribution in [3.8, 4) is 0 Å². The molecule has 7 heteroatoms. The molecule has 0 unspecified atom stereocenters. The van der Waals surface area contributed by atoms with Crippen molar-refractivity contribution in [2.45, 2.75) is 31.2 Å². The Balaban J connectivity index is 1.62. The van der Waals surface area contributed by atoms with Crippen LogP contribution in [0.15, 0.2) is 53.4 Å². The Hall–Kier alpha value is -2.22. The normalized spacial score (nSPS) is 16.0. The van der Waals surface area contributed by atoms with Crippen LogP contribution < -0.4 is 0 Å². The van der Waals surface area contributed by atoms with E-state index < -0.39 is 10.0 Å². The number of hydrogen-bond acceptors (Lipinski definition) is 4. The summed E-state index contributed by atoms with van der Waals surface area (Å²) in [7, 11) is 0.0105. The van der Waals surface area contributed by atoms with Crippen LogP contribution in [-0.2, 0) is 16.6 Å². The van der Waals surface area contributed by atoms with E-state index in [9.17, 15) is 13.2 Å². The maximum Gasteiger partial charge on any atom is 0.253 e. The minimum Gasteiger partial charge on any atom is -0.345 e. The number of benzene rings is 2. The molecule has 0 saturated carbocycles. The smallest absolute Gasteiger partial charge is 0.253 e. The molecule has 0 radical (unpaired) electrons. The van der Waals surface area contributed by atoms with E-state index in [0.717, 1.165) is 11.1 Å². The average Bonchev–Trinajstić information content (AvgIpc) is 2.73. The molecule has 1 aliphatic rings. The highest BCUT2D eigenvalue weighted by atomic mass is 32.2. The fourth-order valence-corrected chi connectivity index (χ4v) is 5.04. The second kappa shape index (κ2) is 9.29. The Morgan fingerprint density at radius 1 is 1.00 bits per heavy atom. The van der Waals surface area contributed by atoms with Crippen molar-refractivity contribution in [1.29, 1.82) is 0 Å². The van der Waals surface area contributed by atoms with Crippen molar-refractivity contribution in [2.75, 3.05) is 40.3 Å². The zero-order chi connectivity index (χ0) is 21.9. The van der Waals surface area contributed by atoms with Gasteiger partial charge in [-0.15, -0.1) is 0 Å². The largest absolute Gasteiger partial charge is 0.345 e. The Labute approximate surface area is 180 Å². The van der Waals surface area contributed by atoms with Crippen molar-refractivity contribution < 1.29 is 13.2 Å². The van der Waals surface area contributed by atoms with Crippen LogP contribution in [0, 0.1) is 0 Å². The van der Waals surface area contributed by atoms with Crippen molar-refractivity contribution in [1.82, 2.24) is 14.1 Å². The molecule has 2 aromatic rings. The molecule has 0 bridgehead atoms. The highest BCUT2D eigenvalue weighted by Gasteiger charge is 2.28. The van der Waals surface area contributed by atoms with Gasteiger partial charge in [-0.05, 0) is 41.3 Å². The van der Waals surface area contributed by atoms with E-state index in [-0.39, 0.29) is 5.91 Å². The summed E-state index contributed by atoms with van der Waals surface area (Å²) >= 11 is 0. The van der Waals surface area contributed by atoms with Gasteiger partial charge in [0, 0.05) is 52.4 Å². The monoisotopic (exact) mass is 429 g/mol. The molecule has 162 valence electrons. The van der Waals surface area contributed by atoms with Crippen LogP contribution in [0.2, 0.25) is 0 Å². The lowest BCUT2D eigenvalue weighted by atomic mass is 10.0. The highest BCUT2D eigenvalue weighted by molar-refractivity contribution is 7.89. The van der Waals surface area contributed by atoms with E-state index in [1.165, 1.54) is 0 Å². The molecule has 0 aromatic heterocycles. The zero-order valence-corrected chi connectivity index (χ0v) is 19.0. The summed E-state index contributed by atoms with van der Waals surface area (Å²) in [4.78, 5) is 16.3. The van der Waals surface area contributed by atoms with Gasteiger partial charge in [0.2, 0.25) is 10.0 Å². The quantitative estimate of drug-likeness (QED) is 0.708. The summed E-state index contributed by atoms with van der Waals surface area (Å²) in [5, 5.41) is 0. The standard InChI is InChI=1S/C23H31N3O3S/c1-18(2)20-8-10-22(11-9-20)30(28,29)26-14-12-25(13-15-26)17-19-6-5-7-21(16-19)23(27)24(3)4/h5-11,16,18H,12-15,17H2,1-4H3. The van der Waals surface area contributed by atoms with Crippen LogP contribution in [-0.4, -0.2) is 68.7 Å². The van der Waals surface area contributed by atoms with E-state index >= 15 is 0 Å². The summed E-state index contributed by atoms with van der Waals surface area (Å²) in [6, 6.07) is 14.9. The van der Waals surface area contributed by atoms with Crippen LogP contribution in [0.5, 0.6) is 0 Å². The first-order valence-electron chi connectivity index (χ1n) is 10.3. The van der Waals surface area contributed by atoms with Crippen molar-refractivity contribution in [2.24, 2.45) is 0 Å². The number of nitrogens with zero attached hydrogens (tertiary/aromatic N) is 3. The SMILES string of the molecule is CC(C)c1ccc(S(=O)(=O)N2CCN(Cc3cccc(C(=O)N(C)C)c3)CC2)cc1. The molecule has 3 rings (SSSR count). The first-order valence-corrected chi connectivity index (χ1v) is 11.8. The first kappa shape index (κ1) is 22.5. The Bertz CT molecular complexity index is 977. The number of hydrogen-bond donors (Lipinski definition) is 0. The van der Waals surface area contributed by atoms with Gasteiger partial charge in [-0.1, -0.05) is 38.1 Å². The molecule has 2 aromatic carbocycles. The van der Waals surface area contributed by atoms with Crippen molar-refractivity contribution in [3.05, 3.63) is 65.2 Å². The summed E-state index contributed by atoms with van der Waals surface area (Å²) in [5.41, 5.74) is 2.86. The van der Waals surface area contributed by atoms with Crippen LogP contribution in [0.25, 0.3) is 0 Å². The minimum atomic E-state index is -3.47. The second-order valence-corrected chi connectivity index (χ2v) is 10.2. The Morgan fingerprint density at radius 2 is 1.63 bits per heavy atom. The minimum absolute atomic E-state index is 0.0174. The second-order valence-electron chi connectivity index (χ2n) is 8.30. The van der Waals surface area contributed by atoms with Crippen LogP contribution in [0.4, 0.5) is 0 Å². The number of piperazine rings is 1. The molecule has 1 heterocycles. The number of carbonyl (C=O) groups excluding carboxylic acids is 1. The van der Waals surface area contributed by atoms with Crippen molar-refractivity contribution >= 4 is 15.9 Å². The van der Waals surface area contributed by atoms with Crippen LogP contribution >= 0.6 is 0 Å². The van der Waals surface area contributed by atoms with Crippen molar-refractivity contribution in [3.63, 3.8) is 0 Å². The van der Waals surface area contributed by atoms with Gasteiger partial charge in [-0.2, -0.15) is 4.31 Å². The molecule has 30 heavy (non-hydrogen) atoms. The van der Waals surface area contributed by atoms with Gasteiger partial charge in [0.15, 0.2) is 0 Å². The lowest BCUT2D eigenvalue weighted by Crippen LogP contribution is -2.48. The van der Waals surface area contributed by atoms with E-state index in [2.05, 4.69) is 18.7 Å². The molecule has 0 N–H and O–H groups in total. The first-order chi connectivity index (χ1) is 14.2. The molecular weight excluding hydrogens is 398 g/mol. The average molecular weight is 430 g/mol. The van der Waals surface area contributed by atoms with Gasteiger partial charge in [0.1, 0.15) is 0 Å². The Morgan fingerprint density at radius 3 is 2.20 bits per heavy atom. The molecule has 0 aliphatic carbocycles. The van der Waals surface area contributed by atoms with Crippen LogP contribution in [0.1, 0.15) is 41.3 Å². The molecule has 1 saturated heterocycles. The maximum absolute atomic E-state index is 13.0. The fourth-order valence-electron chi connectivity index (χ4n) is 3.62. The maximum atomic E-state index is 13.0. The van der Waals surface area contributed by atoms with Crippen LogP contribution in [0.3, 0.4) is 0 Å². The molecule has 0 atom stereocenters. The lowest BCUT2D eigenvalue weighted by Gasteiger charge is -2.34. The summed E-state index contributed by atoms with van der Waals surface area (Å²) in [5.74, 6) is 0.355. The van der Waals surface area contributed by atoms with E-state index in [1.54, 1.807) is 35.4 Å². The number of rotatable bonds is 6. The molecule has 1 fully saturated rings. The number of amides is 1. The molecular formula is C23H31N3O3S. The molecule has 1 aliphatic heterocycles. The van der Waals surface area contributed by atoms with Gasteiger partial charge < -0.3 is 4.90 Å². The number of sulfonamides is 1. The Kier molecular flexibility index (Phi) is 6.95. The van der Waals surface area contributed by atoms with E-state index in [4.69, 9.17) is 0 Å². The summed E-state index contributed by atoms with van der Waals surface area (Å²) < 4.78 is 27.5. The molecule has 0 spiro atoms. The summed E-state index contributed by atoms with van der Waals surface area (Å²) in [6.45, 7) is 7.13. The predicted molar refractivity (Wildman–Crippen MR) is 119 cm³/mol. The fraction of sp³-hybridized carbons (Fsp3) is 0.435. The van der Waals surface area contributed by atoms with Gasteiger partial charge in [0.05, 0.1) is 4.90 Å². The van der Waals surface area contributed by atoms with E-state index in [0.29, 0.717) is 49.1 Å². The van der Waals surface area contributed by atoms with Gasteiger partial charge >= 0.3 is 0 Å². The third-order valence-electron chi connectivity index (χ3n) is 5.50. The van der Waals surface area contributed by atoms with Gasteiger partial charge in [-0.3, -0.25) is 9.69 Å².